The highest BCUT2D eigenvalue weighted by molar-refractivity contribution is 6.02. The van der Waals surface area contributed by atoms with Gasteiger partial charge in [0.1, 0.15) is 6.54 Å². The lowest BCUT2D eigenvalue weighted by molar-refractivity contribution is -0.141. The number of benzene rings is 2. The number of urea groups is 1. The topological polar surface area (TPSA) is 115 Å². The highest BCUT2D eigenvalue weighted by atomic mass is 16.5. The lowest BCUT2D eigenvalue weighted by Gasteiger charge is -2.37. The summed E-state index contributed by atoms with van der Waals surface area (Å²) in [4.78, 5) is 44.2. The molecule has 216 valence electrons. The summed E-state index contributed by atoms with van der Waals surface area (Å²) in [6, 6.07) is 15.2. The van der Waals surface area contributed by atoms with E-state index in [1.165, 1.54) is 5.56 Å². The Kier molecular flexibility index (Phi) is 11.1. The van der Waals surface area contributed by atoms with Crippen molar-refractivity contribution in [2.45, 2.75) is 13.5 Å². The first-order valence-corrected chi connectivity index (χ1v) is 14.0. The number of ether oxygens (including phenoxy) is 2. The molecular formula is C29H40N6O5. The minimum Gasteiger partial charge on any atom is -0.465 e. The Labute approximate surface area is 235 Å². The largest absolute Gasteiger partial charge is 0.465 e. The Balaban J connectivity index is 1.40. The first-order chi connectivity index (χ1) is 19.5. The molecule has 11 heteroatoms. The van der Waals surface area contributed by atoms with Crippen molar-refractivity contribution in [2.24, 2.45) is 0 Å². The number of esters is 1. The molecule has 0 atom stereocenters. The number of rotatable bonds is 11. The number of anilines is 2. The summed E-state index contributed by atoms with van der Waals surface area (Å²) >= 11 is 0. The van der Waals surface area contributed by atoms with Crippen molar-refractivity contribution in [2.75, 3.05) is 88.9 Å². The van der Waals surface area contributed by atoms with Gasteiger partial charge in [-0.1, -0.05) is 30.3 Å². The maximum absolute atomic E-state index is 13.4. The van der Waals surface area contributed by atoms with E-state index in [0.717, 1.165) is 58.0 Å². The Bertz CT molecular complexity index is 1120. The summed E-state index contributed by atoms with van der Waals surface area (Å²) in [5.74, 6) is -0.703. The van der Waals surface area contributed by atoms with Crippen LogP contribution in [0, 0.1) is 0 Å². The van der Waals surface area contributed by atoms with E-state index < -0.39 is 12.0 Å². The van der Waals surface area contributed by atoms with Gasteiger partial charge in [-0.15, -0.1) is 0 Å². The van der Waals surface area contributed by atoms with E-state index >= 15 is 0 Å². The first kappa shape index (κ1) is 29.3. The predicted octanol–water partition coefficient (Wildman–Crippen LogP) is 1.76. The number of hydrogen-bond donors (Lipinski definition) is 3. The zero-order valence-electron chi connectivity index (χ0n) is 23.2. The summed E-state index contributed by atoms with van der Waals surface area (Å²) in [5, 5.41) is 8.26. The fourth-order valence-electron chi connectivity index (χ4n) is 4.85. The van der Waals surface area contributed by atoms with Crippen LogP contribution in [0.4, 0.5) is 16.2 Å². The van der Waals surface area contributed by atoms with Gasteiger partial charge in [-0.25, -0.2) is 4.79 Å². The van der Waals surface area contributed by atoms with Gasteiger partial charge in [-0.2, -0.15) is 0 Å². The van der Waals surface area contributed by atoms with Crippen LogP contribution in [0.15, 0.2) is 48.5 Å². The van der Waals surface area contributed by atoms with Gasteiger partial charge in [0.15, 0.2) is 0 Å². The minimum absolute atomic E-state index is 0.189. The SMILES string of the molecule is CCOC(=O)CNC(=O)Nc1ccc(N2CCN(Cc3ccccc3)CC2)c(C(=O)NCCN2CCOCC2)c1. The fraction of sp³-hybridized carbons (Fsp3) is 0.483. The van der Waals surface area contributed by atoms with Crippen LogP contribution in [0.5, 0.6) is 0 Å². The molecule has 2 saturated heterocycles. The molecule has 0 radical (unpaired) electrons. The zero-order valence-corrected chi connectivity index (χ0v) is 23.2. The summed E-state index contributed by atoms with van der Waals surface area (Å²) in [6.45, 7) is 10.3. The van der Waals surface area contributed by atoms with Gasteiger partial charge >= 0.3 is 12.0 Å². The number of carbonyl (C=O) groups excluding carboxylic acids is 3. The number of piperazine rings is 1. The van der Waals surface area contributed by atoms with Crippen LogP contribution in [-0.2, 0) is 20.8 Å². The fourth-order valence-corrected chi connectivity index (χ4v) is 4.85. The number of nitrogens with zero attached hydrogens (tertiary/aromatic N) is 3. The minimum atomic E-state index is -0.547. The van der Waals surface area contributed by atoms with Crippen molar-refractivity contribution in [1.82, 2.24) is 20.4 Å². The van der Waals surface area contributed by atoms with E-state index in [-0.39, 0.29) is 19.1 Å². The quantitative estimate of drug-likeness (QED) is 0.362. The third-order valence-electron chi connectivity index (χ3n) is 6.98. The lowest BCUT2D eigenvalue weighted by Crippen LogP contribution is -2.46. The molecule has 2 aliphatic heterocycles. The molecule has 4 rings (SSSR count). The van der Waals surface area contributed by atoms with Crippen LogP contribution in [0.2, 0.25) is 0 Å². The molecule has 2 fully saturated rings. The zero-order chi connectivity index (χ0) is 28.2. The Morgan fingerprint density at radius 3 is 2.38 bits per heavy atom. The van der Waals surface area contributed by atoms with Gasteiger partial charge in [-0.3, -0.25) is 19.4 Å². The number of carbonyl (C=O) groups is 3. The van der Waals surface area contributed by atoms with Crippen molar-refractivity contribution in [1.29, 1.82) is 0 Å². The molecule has 3 N–H and O–H groups in total. The van der Waals surface area contributed by atoms with E-state index in [0.29, 0.717) is 31.0 Å². The van der Waals surface area contributed by atoms with Gasteiger partial charge in [0.2, 0.25) is 0 Å². The summed E-state index contributed by atoms with van der Waals surface area (Å²) in [5.41, 5.74) is 3.08. The molecule has 0 aromatic heterocycles. The van der Waals surface area contributed by atoms with Crippen molar-refractivity contribution < 1.29 is 23.9 Å². The third-order valence-corrected chi connectivity index (χ3v) is 6.98. The lowest BCUT2D eigenvalue weighted by atomic mass is 10.1. The van der Waals surface area contributed by atoms with E-state index in [1.807, 2.05) is 12.1 Å². The van der Waals surface area contributed by atoms with Crippen molar-refractivity contribution in [3.63, 3.8) is 0 Å². The second-order valence-electron chi connectivity index (χ2n) is 9.80. The third kappa shape index (κ3) is 8.94. The van der Waals surface area contributed by atoms with E-state index in [4.69, 9.17) is 9.47 Å². The van der Waals surface area contributed by atoms with E-state index in [9.17, 15) is 14.4 Å². The van der Waals surface area contributed by atoms with Gasteiger partial charge in [0, 0.05) is 70.3 Å². The molecule has 3 amide bonds. The van der Waals surface area contributed by atoms with Gasteiger partial charge < -0.3 is 30.3 Å². The Morgan fingerprint density at radius 1 is 0.900 bits per heavy atom. The summed E-state index contributed by atoms with van der Waals surface area (Å²) in [6.07, 6.45) is 0. The van der Waals surface area contributed by atoms with Gasteiger partial charge in [0.25, 0.3) is 5.91 Å². The molecule has 40 heavy (non-hydrogen) atoms. The van der Waals surface area contributed by atoms with Gasteiger partial charge in [-0.05, 0) is 30.7 Å². The van der Waals surface area contributed by atoms with Crippen LogP contribution in [0.1, 0.15) is 22.8 Å². The molecule has 0 bridgehead atoms. The van der Waals surface area contributed by atoms with E-state index in [1.54, 1.807) is 19.1 Å². The normalized spacial score (nSPS) is 16.3. The van der Waals surface area contributed by atoms with Crippen molar-refractivity contribution >= 4 is 29.3 Å². The first-order valence-electron chi connectivity index (χ1n) is 14.0. The Morgan fingerprint density at radius 2 is 1.65 bits per heavy atom. The van der Waals surface area contributed by atoms with E-state index in [2.05, 4.69) is 54.9 Å². The molecular weight excluding hydrogens is 512 g/mol. The standard InChI is InChI=1S/C29H40N6O5/c1-2-40-27(36)21-31-29(38)32-24-8-9-26(25(20-24)28(37)30-10-11-33-16-18-39-19-17-33)35-14-12-34(13-15-35)22-23-6-4-3-5-7-23/h3-9,20H,2,10-19,21-22H2,1H3,(H,30,37)(H2,31,32,38). The number of nitrogens with one attached hydrogen (secondary N) is 3. The smallest absolute Gasteiger partial charge is 0.325 e. The number of hydrogen-bond acceptors (Lipinski definition) is 8. The average molecular weight is 553 g/mol. The average Bonchev–Trinajstić information content (AvgIpc) is 2.98. The molecule has 0 unspecified atom stereocenters. The van der Waals surface area contributed by atoms with Crippen LogP contribution < -0.4 is 20.9 Å². The van der Waals surface area contributed by atoms with Crippen LogP contribution >= 0.6 is 0 Å². The van der Waals surface area contributed by atoms with Gasteiger partial charge in [0.05, 0.1) is 25.4 Å². The van der Waals surface area contributed by atoms with Crippen LogP contribution in [0.3, 0.4) is 0 Å². The molecule has 0 spiro atoms. The summed E-state index contributed by atoms with van der Waals surface area (Å²) in [7, 11) is 0. The van der Waals surface area contributed by atoms with Crippen LogP contribution in [-0.4, -0.2) is 106 Å². The highest BCUT2D eigenvalue weighted by Gasteiger charge is 2.23. The highest BCUT2D eigenvalue weighted by Crippen LogP contribution is 2.26. The molecule has 2 aromatic carbocycles. The predicted molar refractivity (Wildman–Crippen MR) is 154 cm³/mol. The maximum atomic E-state index is 13.4. The monoisotopic (exact) mass is 552 g/mol. The second kappa shape index (κ2) is 15.2. The molecule has 2 heterocycles. The molecule has 2 aliphatic rings. The Hall–Kier alpha value is -3.67. The van der Waals surface area contributed by atoms with Crippen molar-refractivity contribution in [3.8, 4) is 0 Å². The van der Waals surface area contributed by atoms with Crippen LogP contribution in [0.25, 0.3) is 0 Å². The second-order valence-corrected chi connectivity index (χ2v) is 9.80. The molecule has 0 saturated carbocycles. The number of amides is 3. The maximum Gasteiger partial charge on any atom is 0.325 e. The summed E-state index contributed by atoms with van der Waals surface area (Å²) < 4.78 is 10.2. The number of morpholine rings is 1. The molecule has 0 aliphatic carbocycles. The molecule has 11 nitrogen and oxygen atoms in total. The van der Waals surface area contributed by atoms with Crippen molar-refractivity contribution in [3.05, 3.63) is 59.7 Å². The molecule has 2 aromatic rings.